The van der Waals surface area contributed by atoms with Crippen LogP contribution in [0, 0.1) is 0 Å². The van der Waals surface area contributed by atoms with Crippen molar-refractivity contribution in [3.8, 4) is 67.0 Å². The molecule has 0 amide bonds. The highest BCUT2D eigenvalue weighted by molar-refractivity contribution is 6.29. The molecule has 63 heavy (non-hydrogen) atoms. The van der Waals surface area contributed by atoms with Gasteiger partial charge in [0.25, 0.3) is 0 Å². The van der Waals surface area contributed by atoms with Crippen LogP contribution in [-0.2, 0) is 5.41 Å². The van der Waals surface area contributed by atoms with Gasteiger partial charge in [-0.25, -0.2) is 0 Å². The average molecular weight is 801 g/mol. The Hall–Kier alpha value is -7.94. The fraction of sp³-hybridized carbons (Fsp3) is 0.0492. The van der Waals surface area contributed by atoms with Crippen LogP contribution in [0.2, 0.25) is 0 Å². The summed E-state index contributed by atoms with van der Waals surface area (Å²) in [6.45, 7) is 4.73. The molecular formula is C61H40N2. The number of benzene rings is 10. The van der Waals surface area contributed by atoms with Crippen LogP contribution in [0.15, 0.2) is 206 Å². The number of nitrogens with zero attached hydrogens (tertiary/aromatic N) is 2. The molecule has 2 aromatic heterocycles. The van der Waals surface area contributed by atoms with Crippen LogP contribution in [0.25, 0.3) is 121 Å². The Morgan fingerprint density at radius 1 is 0.286 bits per heavy atom. The third-order valence-electron chi connectivity index (χ3n) is 14.4. The Labute approximate surface area is 365 Å². The Morgan fingerprint density at radius 3 is 1.70 bits per heavy atom. The van der Waals surface area contributed by atoms with Crippen molar-refractivity contribution in [2.24, 2.45) is 0 Å². The molecule has 0 saturated carbocycles. The minimum absolute atomic E-state index is 0.0729. The molecule has 0 unspecified atom stereocenters. The molecule has 12 aromatic rings. The van der Waals surface area contributed by atoms with Crippen LogP contribution >= 0.6 is 0 Å². The Balaban J connectivity index is 0.986. The summed E-state index contributed by atoms with van der Waals surface area (Å²) in [7, 11) is 0. The molecule has 0 saturated heterocycles. The first-order chi connectivity index (χ1) is 31.0. The summed E-state index contributed by atoms with van der Waals surface area (Å²) < 4.78 is 4.96. The highest BCUT2D eigenvalue weighted by atomic mass is 15.0. The molecule has 0 radical (unpaired) electrons. The molecule has 0 atom stereocenters. The van der Waals surface area contributed by atoms with Crippen LogP contribution in [-0.4, -0.2) is 9.13 Å². The minimum Gasteiger partial charge on any atom is -0.309 e. The maximum absolute atomic E-state index is 2.50. The van der Waals surface area contributed by atoms with Crippen LogP contribution in [0.1, 0.15) is 25.0 Å². The molecule has 2 aliphatic carbocycles. The third kappa shape index (κ3) is 4.73. The summed E-state index contributed by atoms with van der Waals surface area (Å²) in [6.07, 6.45) is 0. The van der Waals surface area contributed by atoms with Gasteiger partial charge in [-0.1, -0.05) is 159 Å². The summed E-state index contributed by atoms with van der Waals surface area (Å²) in [4.78, 5) is 0. The number of hydrogen-bond donors (Lipinski definition) is 0. The normalized spacial score (nSPS) is 13.4. The summed E-state index contributed by atoms with van der Waals surface area (Å²) in [5.41, 5.74) is 22.7. The zero-order valence-electron chi connectivity index (χ0n) is 35.0. The van der Waals surface area contributed by atoms with E-state index in [-0.39, 0.29) is 5.41 Å². The molecule has 0 bridgehead atoms. The van der Waals surface area contributed by atoms with E-state index in [1.807, 2.05) is 0 Å². The molecule has 0 fully saturated rings. The van der Waals surface area contributed by atoms with Crippen molar-refractivity contribution in [2.45, 2.75) is 19.3 Å². The highest BCUT2D eigenvalue weighted by Crippen LogP contribution is 2.52. The monoisotopic (exact) mass is 800 g/mol. The standard InChI is InChI=1S/C61H40N2/c1-61(2)53-24-10-8-20-45(53)46-29-28-42(35-54(46)61)62-55-25-11-9-21-47(55)50-33-39(26-30-56(50)62)40-27-31-57-52(34-40)60-49-23-13-22-48-43-18-6-7-19-44(43)51(59(48)49)36-58(60)63(57)41-17-12-16-38(32-41)37-14-4-3-5-15-37/h3-36H,1-2H3. The van der Waals surface area contributed by atoms with Crippen molar-refractivity contribution < 1.29 is 0 Å². The lowest BCUT2D eigenvalue weighted by atomic mass is 9.82. The van der Waals surface area contributed by atoms with E-state index in [2.05, 4.69) is 229 Å². The van der Waals surface area contributed by atoms with Gasteiger partial charge < -0.3 is 9.13 Å². The van der Waals surface area contributed by atoms with E-state index in [0.717, 1.165) is 5.69 Å². The van der Waals surface area contributed by atoms with E-state index in [1.165, 1.54) is 127 Å². The molecule has 14 rings (SSSR count). The van der Waals surface area contributed by atoms with E-state index >= 15 is 0 Å². The van der Waals surface area contributed by atoms with Crippen molar-refractivity contribution >= 4 is 54.4 Å². The Kier molecular flexibility index (Phi) is 6.93. The fourth-order valence-corrected chi connectivity index (χ4v) is 11.6. The van der Waals surface area contributed by atoms with Gasteiger partial charge in [0, 0.05) is 38.3 Å². The molecule has 294 valence electrons. The van der Waals surface area contributed by atoms with Gasteiger partial charge in [-0.05, 0) is 138 Å². The van der Waals surface area contributed by atoms with Gasteiger partial charge in [0.05, 0.1) is 22.1 Å². The Morgan fingerprint density at radius 2 is 0.857 bits per heavy atom. The Bertz CT molecular complexity index is 3930. The van der Waals surface area contributed by atoms with Crippen molar-refractivity contribution in [1.82, 2.24) is 9.13 Å². The maximum atomic E-state index is 2.50. The smallest absolute Gasteiger partial charge is 0.0553 e. The van der Waals surface area contributed by atoms with E-state index < -0.39 is 0 Å². The number of fused-ring (bicyclic) bond motifs is 13. The first-order valence-corrected chi connectivity index (χ1v) is 22.1. The fourth-order valence-electron chi connectivity index (χ4n) is 11.6. The lowest BCUT2D eigenvalue weighted by molar-refractivity contribution is 0.660. The zero-order valence-corrected chi connectivity index (χ0v) is 35.0. The molecule has 10 aromatic carbocycles. The summed E-state index contributed by atoms with van der Waals surface area (Å²) in [5.74, 6) is 0. The molecule has 0 spiro atoms. The largest absolute Gasteiger partial charge is 0.309 e. The van der Waals surface area contributed by atoms with Crippen molar-refractivity contribution in [2.75, 3.05) is 0 Å². The zero-order chi connectivity index (χ0) is 41.6. The van der Waals surface area contributed by atoms with Crippen molar-refractivity contribution in [3.63, 3.8) is 0 Å². The van der Waals surface area contributed by atoms with E-state index in [4.69, 9.17) is 0 Å². The van der Waals surface area contributed by atoms with Gasteiger partial charge in [-0.2, -0.15) is 0 Å². The lowest BCUT2D eigenvalue weighted by Crippen LogP contribution is -2.15. The lowest BCUT2D eigenvalue weighted by Gasteiger charge is -2.22. The number of para-hydroxylation sites is 1. The summed E-state index contributed by atoms with van der Waals surface area (Å²) in [6, 6.07) is 77.1. The third-order valence-corrected chi connectivity index (χ3v) is 14.4. The number of hydrogen-bond acceptors (Lipinski definition) is 0. The molecule has 0 N–H and O–H groups in total. The molecular weight excluding hydrogens is 761 g/mol. The second-order valence-electron chi connectivity index (χ2n) is 18.1. The molecule has 2 nitrogen and oxygen atoms in total. The van der Waals surface area contributed by atoms with Crippen molar-refractivity contribution in [3.05, 3.63) is 217 Å². The van der Waals surface area contributed by atoms with E-state index in [1.54, 1.807) is 0 Å². The van der Waals surface area contributed by atoms with Gasteiger partial charge in [0.1, 0.15) is 0 Å². The van der Waals surface area contributed by atoms with Crippen LogP contribution < -0.4 is 0 Å². The highest BCUT2D eigenvalue weighted by Gasteiger charge is 2.35. The minimum atomic E-state index is -0.0729. The number of aromatic nitrogens is 2. The van der Waals surface area contributed by atoms with Gasteiger partial charge in [-0.15, -0.1) is 0 Å². The van der Waals surface area contributed by atoms with Crippen LogP contribution in [0.5, 0.6) is 0 Å². The molecule has 2 aliphatic rings. The first-order valence-electron chi connectivity index (χ1n) is 22.1. The van der Waals surface area contributed by atoms with Crippen LogP contribution in [0.3, 0.4) is 0 Å². The number of rotatable bonds is 4. The molecule has 2 heterocycles. The first kappa shape index (κ1) is 34.7. The SMILES string of the molecule is CC1(C)c2ccccc2-c2ccc(-n3c4ccccc4c4cc(-c5ccc6c(c5)c5c7cccc8c7c(cc5n6-c5cccc(-c6ccccc6)c5)-c5ccccc5-8)ccc43)cc21. The maximum Gasteiger partial charge on any atom is 0.0553 e. The second-order valence-corrected chi connectivity index (χ2v) is 18.1. The van der Waals surface area contributed by atoms with Crippen LogP contribution in [0.4, 0.5) is 0 Å². The quantitative estimate of drug-likeness (QED) is 0.168. The summed E-state index contributed by atoms with van der Waals surface area (Å²) >= 11 is 0. The van der Waals surface area contributed by atoms with E-state index in [0.29, 0.717) is 0 Å². The van der Waals surface area contributed by atoms with Crippen molar-refractivity contribution in [1.29, 1.82) is 0 Å². The van der Waals surface area contributed by atoms with E-state index in [9.17, 15) is 0 Å². The average Bonchev–Trinajstić information content (AvgIpc) is 4.03. The predicted octanol–water partition coefficient (Wildman–Crippen LogP) is 16.3. The molecule has 0 aliphatic heterocycles. The molecule has 2 heteroatoms. The van der Waals surface area contributed by atoms with Gasteiger partial charge in [-0.3, -0.25) is 0 Å². The van der Waals surface area contributed by atoms with Gasteiger partial charge in [0.2, 0.25) is 0 Å². The van der Waals surface area contributed by atoms with Gasteiger partial charge >= 0.3 is 0 Å². The summed E-state index contributed by atoms with van der Waals surface area (Å²) in [5, 5.41) is 7.73. The topological polar surface area (TPSA) is 9.86 Å². The van der Waals surface area contributed by atoms with Gasteiger partial charge in [0.15, 0.2) is 0 Å². The second kappa shape index (κ2) is 12.6. The predicted molar refractivity (Wildman–Crippen MR) is 265 cm³/mol.